The van der Waals surface area contributed by atoms with E-state index < -0.39 is 0 Å². The van der Waals surface area contributed by atoms with Crippen molar-refractivity contribution >= 4 is 0 Å². The van der Waals surface area contributed by atoms with Gasteiger partial charge in [-0.15, -0.1) is 0 Å². The number of β-amino-alcohol motifs (C(OH)–C–C–N with tert-alkyl or cyclic N) is 1. The number of aliphatic hydroxyl groups excluding tert-OH is 1. The van der Waals surface area contributed by atoms with Gasteiger partial charge in [-0.1, -0.05) is 18.2 Å². The van der Waals surface area contributed by atoms with Gasteiger partial charge in [0, 0.05) is 19.2 Å². The molecular weight excluding hydrogens is 242 g/mol. The predicted molar refractivity (Wildman–Crippen MR) is 71.1 cm³/mol. The zero-order chi connectivity index (χ0) is 13.1. The van der Waals surface area contributed by atoms with Crippen molar-refractivity contribution in [2.45, 2.75) is 19.1 Å². The van der Waals surface area contributed by atoms with Crippen molar-refractivity contribution in [3.8, 4) is 11.7 Å². The topological polar surface area (TPSA) is 45.8 Å². The van der Waals surface area contributed by atoms with E-state index in [0.717, 1.165) is 37.6 Å². The fourth-order valence-corrected chi connectivity index (χ4v) is 2.28. The zero-order valence-corrected chi connectivity index (χ0v) is 10.7. The Balaban J connectivity index is 1.60. The van der Waals surface area contributed by atoms with E-state index in [1.165, 1.54) is 0 Å². The van der Waals surface area contributed by atoms with Crippen LogP contribution in [0.2, 0.25) is 0 Å². The van der Waals surface area contributed by atoms with Crippen molar-refractivity contribution in [1.82, 2.24) is 4.90 Å². The third-order valence-electron chi connectivity index (χ3n) is 3.23. The van der Waals surface area contributed by atoms with Crippen LogP contribution in [-0.4, -0.2) is 29.2 Å². The lowest BCUT2D eigenvalue weighted by molar-refractivity contribution is 0.171. The molecule has 0 aliphatic carbocycles. The number of rotatable bonds is 4. The maximum atomic E-state index is 9.48. The number of ether oxygens (including phenoxy) is 1. The van der Waals surface area contributed by atoms with Crippen molar-refractivity contribution < 1.29 is 14.3 Å². The van der Waals surface area contributed by atoms with Crippen LogP contribution in [0.4, 0.5) is 0 Å². The van der Waals surface area contributed by atoms with Crippen LogP contribution in [0.25, 0.3) is 0 Å². The van der Waals surface area contributed by atoms with Gasteiger partial charge < -0.3 is 14.3 Å². The minimum atomic E-state index is -0.199. The van der Waals surface area contributed by atoms with Gasteiger partial charge in [0.05, 0.1) is 12.6 Å². The number of benzene rings is 1. The molecule has 3 rings (SSSR count). The second-order valence-electron chi connectivity index (χ2n) is 4.81. The lowest BCUT2D eigenvalue weighted by Gasteiger charge is -2.12. The molecule has 1 saturated heterocycles. The van der Waals surface area contributed by atoms with Gasteiger partial charge in [-0.05, 0) is 24.6 Å². The van der Waals surface area contributed by atoms with E-state index in [9.17, 15) is 5.11 Å². The van der Waals surface area contributed by atoms with Gasteiger partial charge >= 0.3 is 0 Å². The summed E-state index contributed by atoms with van der Waals surface area (Å²) in [4.78, 5) is 2.18. The second-order valence-corrected chi connectivity index (χ2v) is 4.81. The van der Waals surface area contributed by atoms with Crippen molar-refractivity contribution in [3.63, 3.8) is 0 Å². The van der Waals surface area contributed by atoms with Gasteiger partial charge in [-0.2, -0.15) is 0 Å². The fourth-order valence-electron chi connectivity index (χ4n) is 2.28. The molecular formula is C15H17NO3. The van der Waals surface area contributed by atoms with Gasteiger partial charge in [-0.3, -0.25) is 4.90 Å². The van der Waals surface area contributed by atoms with Crippen molar-refractivity contribution in [2.24, 2.45) is 0 Å². The first-order valence-corrected chi connectivity index (χ1v) is 6.51. The molecule has 2 heterocycles. The van der Waals surface area contributed by atoms with Gasteiger partial charge in [0.25, 0.3) is 5.95 Å². The van der Waals surface area contributed by atoms with E-state index in [1.807, 2.05) is 42.5 Å². The first-order valence-electron chi connectivity index (χ1n) is 6.51. The minimum absolute atomic E-state index is 0.199. The molecule has 1 N–H and O–H groups in total. The highest BCUT2D eigenvalue weighted by Gasteiger charge is 2.21. The first kappa shape index (κ1) is 12.3. The number of aliphatic hydroxyl groups is 1. The van der Waals surface area contributed by atoms with Crippen molar-refractivity contribution in [3.05, 3.63) is 48.2 Å². The molecule has 0 saturated carbocycles. The van der Waals surface area contributed by atoms with E-state index in [1.54, 1.807) is 0 Å². The summed E-state index contributed by atoms with van der Waals surface area (Å²) in [5.41, 5.74) is 0. The van der Waals surface area contributed by atoms with Crippen LogP contribution < -0.4 is 4.74 Å². The number of likely N-dealkylation sites (tertiary alicyclic amines) is 1. The summed E-state index contributed by atoms with van der Waals surface area (Å²) in [6.45, 7) is 2.35. The van der Waals surface area contributed by atoms with Gasteiger partial charge in [-0.25, -0.2) is 0 Å². The number of furan rings is 1. The molecule has 100 valence electrons. The lowest BCUT2D eigenvalue weighted by Crippen LogP contribution is -2.21. The van der Waals surface area contributed by atoms with Gasteiger partial charge in [0.2, 0.25) is 0 Å². The van der Waals surface area contributed by atoms with Gasteiger partial charge in [0.1, 0.15) is 11.5 Å². The molecule has 0 unspecified atom stereocenters. The molecule has 0 bridgehead atoms. The molecule has 0 radical (unpaired) electrons. The Kier molecular flexibility index (Phi) is 3.53. The van der Waals surface area contributed by atoms with Crippen molar-refractivity contribution in [1.29, 1.82) is 0 Å². The Morgan fingerprint density at radius 1 is 1.21 bits per heavy atom. The summed E-state index contributed by atoms with van der Waals surface area (Å²) in [5.74, 6) is 2.13. The summed E-state index contributed by atoms with van der Waals surface area (Å²) < 4.78 is 11.2. The highest BCUT2D eigenvalue weighted by atomic mass is 16.6. The lowest BCUT2D eigenvalue weighted by atomic mass is 10.3. The Labute approximate surface area is 112 Å². The van der Waals surface area contributed by atoms with Crippen LogP contribution in [0, 0.1) is 0 Å². The van der Waals surface area contributed by atoms with Crippen LogP contribution in [0.3, 0.4) is 0 Å². The van der Waals surface area contributed by atoms with E-state index in [-0.39, 0.29) is 6.10 Å². The maximum absolute atomic E-state index is 9.48. The van der Waals surface area contributed by atoms with Crippen LogP contribution in [0.15, 0.2) is 46.9 Å². The molecule has 4 nitrogen and oxygen atoms in total. The van der Waals surface area contributed by atoms with Gasteiger partial charge in [0.15, 0.2) is 0 Å². The predicted octanol–water partition coefficient (Wildman–Crippen LogP) is 2.64. The minimum Gasteiger partial charge on any atom is -0.429 e. The standard InChI is InChI=1S/C15H17NO3/c17-12-8-9-16(10-12)11-14-6-7-15(19-14)18-13-4-2-1-3-5-13/h1-7,12,17H,8-11H2/t12-/m1/s1. The molecule has 1 atom stereocenters. The Bertz CT molecular complexity index is 523. The average Bonchev–Trinajstić information content (AvgIpc) is 3.01. The Morgan fingerprint density at radius 3 is 2.79 bits per heavy atom. The van der Waals surface area contributed by atoms with Crippen LogP contribution in [0.1, 0.15) is 12.2 Å². The molecule has 1 aliphatic rings. The third kappa shape index (κ3) is 3.16. The van der Waals surface area contributed by atoms with Crippen LogP contribution in [-0.2, 0) is 6.54 Å². The number of hydrogen-bond acceptors (Lipinski definition) is 4. The summed E-state index contributed by atoms with van der Waals surface area (Å²) in [5, 5.41) is 9.48. The molecule has 1 aromatic heterocycles. The molecule has 2 aromatic rings. The van der Waals surface area contributed by atoms with E-state index in [2.05, 4.69) is 4.90 Å². The van der Waals surface area contributed by atoms with Crippen LogP contribution in [0.5, 0.6) is 11.7 Å². The summed E-state index contributed by atoms with van der Waals surface area (Å²) >= 11 is 0. The van der Waals surface area contributed by atoms with E-state index >= 15 is 0 Å². The van der Waals surface area contributed by atoms with E-state index in [0.29, 0.717) is 5.95 Å². The Morgan fingerprint density at radius 2 is 2.05 bits per heavy atom. The largest absolute Gasteiger partial charge is 0.429 e. The summed E-state index contributed by atoms with van der Waals surface area (Å²) in [6, 6.07) is 13.3. The molecule has 1 aliphatic heterocycles. The summed E-state index contributed by atoms with van der Waals surface area (Å²) in [6.07, 6.45) is 0.642. The van der Waals surface area contributed by atoms with Crippen LogP contribution >= 0.6 is 0 Å². The average molecular weight is 259 g/mol. The summed E-state index contributed by atoms with van der Waals surface area (Å²) in [7, 11) is 0. The molecule has 1 aromatic carbocycles. The molecule has 0 spiro atoms. The molecule has 1 fully saturated rings. The first-order chi connectivity index (χ1) is 9.29. The second kappa shape index (κ2) is 5.47. The highest BCUT2D eigenvalue weighted by Crippen LogP contribution is 2.24. The molecule has 19 heavy (non-hydrogen) atoms. The number of hydrogen-bond donors (Lipinski definition) is 1. The number of para-hydroxylation sites is 1. The Hall–Kier alpha value is -1.78. The monoisotopic (exact) mass is 259 g/mol. The SMILES string of the molecule is O[C@@H]1CCN(Cc2ccc(Oc3ccccc3)o2)C1. The molecule has 4 heteroatoms. The quantitative estimate of drug-likeness (QED) is 0.916. The van der Waals surface area contributed by atoms with Crippen molar-refractivity contribution in [2.75, 3.05) is 13.1 Å². The van der Waals surface area contributed by atoms with E-state index in [4.69, 9.17) is 9.15 Å². The smallest absolute Gasteiger partial charge is 0.290 e. The highest BCUT2D eigenvalue weighted by molar-refractivity contribution is 5.26. The third-order valence-corrected chi connectivity index (χ3v) is 3.23. The fraction of sp³-hybridized carbons (Fsp3) is 0.333. The molecule has 0 amide bonds. The maximum Gasteiger partial charge on any atom is 0.290 e. The normalized spacial score (nSPS) is 19.7. The zero-order valence-electron chi connectivity index (χ0n) is 10.7. The number of nitrogens with zero attached hydrogens (tertiary/aromatic N) is 1.